The van der Waals surface area contributed by atoms with Crippen LogP contribution in [0.4, 0.5) is 0 Å². The number of sulfonamides is 1. The van der Waals surface area contributed by atoms with Gasteiger partial charge in [-0.1, -0.05) is 29.3 Å². The molecule has 4 nitrogen and oxygen atoms in total. The Labute approximate surface area is 111 Å². The van der Waals surface area contributed by atoms with Crippen molar-refractivity contribution in [3.63, 3.8) is 0 Å². The van der Waals surface area contributed by atoms with Crippen LogP contribution in [0.2, 0.25) is 10.0 Å². The van der Waals surface area contributed by atoms with Crippen LogP contribution in [0.3, 0.4) is 0 Å². The zero-order valence-corrected chi connectivity index (χ0v) is 11.7. The Balaban J connectivity index is 2.79. The SMILES string of the molecule is CNCCCNS(=O)(=O)c1cccc(Cl)c1Cl. The first-order valence-electron chi connectivity index (χ1n) is 5.07. The molecule has 0 aromatic heterocycles. The van der Waals surface area contributed by atoms with E-state index in [1.54, 1.807) is 12.1 Å². The maximum Gasteiger partial charge on any atom is 0.242 e. The smallest absolute Gasteiger partial charge is 0.242 e. The molecule has 1 rings (SSSR count). The second-order valence-electron chi connectivity index (χ2n) is 3.41. The van der Waals surface area contributed by atoms with Gasteiger partial charge in [-0.05, 0) is 32.1 Å². The number of benzene rings is 1. The van der Waals surface area contributed by atoms with Crippen LogP contribution in [0, 0.1) is 0 Å². The highest BCUT2D eigenvalue weighted by molar-refractivity contribution is 7.89. The summed E-state index contributed by atoms with van der Waals surface area (Å²) < 4.78 is 26.3. The minimum atomic E-state index is -3.59. The molecule has 0 heterocycles. The molecule has 0 saturated heterocycles. The Bertz CT molecular complexity index is 477. The Morgan fingerprint density at radius 3 is 2.59 bits per heavy atom. The molecule has 96 valence electrons. The largest absolute Gasteiger partial charge is 0.320 e. The minimum absolute atomic E-state index is 0.0103. The third-order valence-corrected chi connectivity index (χ3v) is 4.54. The fraction of sp³-hybridized carbons (Fsp3) is 0.400. The molecule has 0 atom stereocenters. The highest BCUT2D eigenvalue weighted by Crippen LogP contribution is 2.28. The topological polar surface area (TPSA) is 58.2 Å². The third-order valence-electron chi connectivity index (χ3n) is 2.10. The Morgan fingerprint density at radius 1 is 1.24 bits per heavy atom. The average molecular weight is 297 g/mol. The second-order valence-corrected chi connectivity index (χ2v) is 5.93. The fourth-order valence-corrected chi connectivity index (χ4v) is 3.07. The first-order valence-corrected chi connectivity index (χ1v) is 7.31. The lowest BCUT2D eigenvalue weighted by Gasteiger charge is -2.08. The molecule has 0 unspecified atom stereocenters. The molecule has 1 aromatic rings. The summed E-state index contributed by atoms with van der Waals surface area (Å²) >= 11 is 11.6. The highest BCUT2D eigenvalue weighted by atomic mass is 35.5. The van der Waals surface area contributed by atoms with E-state index in [-0.39, 0.29) is 14.9 Å². The Kier molecular flexibility index (Phi) is 5.69. The first kappa shape index (κ1) is 14.7. The first-order chi connectivity index (χ1) is 7.99. The van der Waals surface area contributed by atoms with Gasteiger partial charge in [0.25, 0.3) is 0 Å². The van der Waals surface area contributed by atoms with Gasteiger partial charge in [0.15, 0.2) is 0 Å². The molecule has 0 saturated carbocycles. The predicted molar refractivity (Wildman–Crippen MR) is 70.2 cm³/mol. The number of hydrogen-bond acceptors (Lipinski definition) is 3. The van der Waals surface area contributed by atoms with E-state index in [1.807, 2.05) is 7.05 Å². The van der Waals surface area contributed by atoms with E-state index >= 15 is 0 Å². The third kappa shape index (κ3) is 4.12. The van der Waals surface area contributed by atoms with Crippen molar-refractivity contribution in [2.75, 3.05) is 20.1 Å². The summed E-state index contributed by atoms with van der Waals surface area (Å²) in [6.07, 6.45) is 0.702. The maximum absolute atomic E-state index is 11.9. The van der Waals surface area contributed by atoms with Crippen LogP contribution >= 0.6 is 23.2 Å². The van der Waals surface area contributed by atoms with Gasteiger partial charge in [0.05, 0.1) is 10.0 Å². The molecule has 0 bridgehead atoms. The van der Waals surface area contributed by atoms with E-state index in [1.165, 1.54) is 6.07 Å². The lowest BCUT2D eigenvalue weighted by atomic mass is 10.4. The van der Waals surface area contributed by atoms with Crippen molar-refractivity contribution in [2.45, 2.75) is 11.3 Å². The average Bonchev–Trinajstić information content (AvgIpc) is 2.28. The lowest BCUT2D eigenvalue weighted by Crippen LogP contribution is -2.27. The molecule has 0 aliphatic rings. The fourth-order valence-electron chi connectivity index (χ4n) is 1.24. The van der Waals surface area contributed by atoms with Crippen molar-refractivity contribution in [1.82, 2.24) is 10.0 Å². The molecule has 0 aliphatic carbocycles. The van der Waals surface area contributed by atoms with Gasteiger partial charge < -0.3 is 5.32 Å². The van der Waals surface area contributed by atoms with Crippen molar-refractivity contribution in [1.29, 1.82) is 0 Å². The van der Waals surface area contributed by atoms with Crippen LogP contribution in [0.25, 0.3) is 0 Å². The highest BCUT2D eigenvalue weighted by Gasteiger charge is 2.18. The van der Waals surface area contributed by atoms with Gasteiger partial charge in [-0.2, -0.15) is 0 Å². The number of halogens is 2. The summed E-state index contributed by atoms with van der Waals surface area (Å²) in [5.74, 6) is 0. The maximum atomic E-state index is 11.9. The molecule has 1 aromatic carbocycles. The van der Waals surface area contributed by atoms with Gasteiger partial charge in [0, 0.05) is 6.54 Å². The lowest BCUT2D eigenvalue weighted by molar-refractivity contribution is 0.577. The van der Waals surface area contributed by atoms with Crippen LogP contribution in [0.5, 0.6) is 0 Å². The van der Waals surface area contributed by atoms with E-state index < -0.39 is 10.0 Å². The molecular formula is C10H14Cl2N2O2S. The molecular weight excluding hydrogens is 283 g/mol. The molecule has 7 heteroatoms. The zero-order chi connectivity index (χ0) is 12.9. The van der Waals surface area contributed by atoms with Gasteiger partial charge >= 0.3 is 0 Å². The summed E-state index contributed by atoms with van der Waals surface area (Å²) in [5.41, 5.74) is 0. The summed E-state index contributed by atoms with van der Waals surface area (Å²) in [5, 5.41) is 3.21. The van der Waals surface area contributed by atoms with Crippen molar-refractivity contribution >= 4 is 33.2 Å². The van der Waals surface area contributed by atoms with Crippen LogP contribution in [-0.4, -0.2) is 28.6 Å². The standard InChI is InChI=1S/C10H14Cl2N2O2S/c1-13-6-3-7-14-17(15,16)9-5-2-4-8(11)10(9)12/h2,4-5,13-14H,3,6-7H2,1H3. The molecule has 2 N–H and O–H groups in total. The predicted octanol–water partition coefficient (Wildman–Crippen LogP) is 1.88. The van der Waals surface area contributed by atoms with Crippen molar-refractivity contribution in [3.05, 3.63) is 28.2 Å². The normalized spacial score (nSPS) is 11.7. The van der Waals surface area contributed by atoms with Crippen LogP contribution in [0.1, 0.15) is 6.42 Å². The summed E-state index contributed by atoms with van der Waals surface area (Å²) in [6.45, 7) is 1.10. The molecule has 0 radical (unpaired) electrons. The van der Waals surface area contributed by atoms with Crippen molar-refractivity contribution in [2.24, 2.45) is 0 Å². The second kappa shape index (κ2) is 6.56. The van der Waals surface area contributed by atoms with Crippen molar-refractivity contribution < 1.29 is 8.42 Å². The Morgan fingerprint density at radius 2 is 1.94 bits per heavy atom. The van der Waals surface area contributed by atoms with Crippen molar-refractivity contribution in [3.8, 4) is 0 Å². The van der Waals surface area contributed by atoms with E-state index in [0.717, 1.165) is 6.54 Å². The van der Waals surface area contributed by atoms with Crippen LogP contribution in [-0.2, 0) is 10.0 Å². The van der Waals surface area contributed by atoms with E-state index in [0.29, 0.717) is 13.0 Å². The Hall–Kier alpha value is -0.330. The van der Waals surface area contributed by atoms with Gasteiger partial charge in [-0.25, -0.2) is 13.1 Å². The molecule has 0 fully saturated rings. The van der Waals surface area contributed by atoms with Crippen LogP contribution in [0.15, 0.2) is 23.1 Å². The van der Waals surface area contributed by atoms with Crippen LogP contribution < -0.4 is 10.0 Å². The zero-order valence-electron chi connectivity index (χ0n) is 9.33. The van der Waals surface area contributed by atoms with E-state index in [4.69, 9.17) is 23.2 Å². The monoisotopic (exact) mass is 296 g/mol. The molecule has 17 heavy (non-hydrogen) atoms. The molecule has 0 spiro atoms. The van der Waals surface area contributed by atoms with Gasteiger partial charge in [0.1, 0.15) is 4.90 Å². The molecule has 0 amide bonds. The minimum Gasteiger partial charge on any atom is -0.320 e. The summed E-state index contributed by atoms with van der Waals surface area (Å²) in [7, 11) is -1.78. The van der Waals surface area contributed by atoms with E-state index in [9.17, 15) is 8.42 Å². The number of hydrogen-bond donors (Lipinski definition) is 2. The summed E-state index contributed by atoms with van der Waals surface area (Å²) in [6, 6.07) is 4.52. The van der Waals surface area contributed by atoms with E-state index in [2.05, 4.69) is 10.0 Å². The van der Waals surface area contributed by atoms with Gasteiger partial charge in [-0.15, -0.1) is 0 Å². The quantitative estimate of drug-likeness (QED) is 0.788. The van der Waals surface area contributed by atoms with Gasteiger partial charge in [0.2, 0.25) is 10.0 Å². The number of rotatable bonds is 6. The molecule has 0 aliphatic heterocycles. The summed E-state index contributed by atoms with van der Waals surface area (Å²) in [4.78, 5) is 0.0103. The van der Waals surface area contributed by atoms with Gasteiger partial charge in [-0.3, -0.25) is 0 Å². The number of nitrogens with one attached hydrogen (secondary N) is 2.